The number of allylic oxidation sites excluding steroid dienone is 1. The molecule has 2 aromatic rings. The zero-order chi connectivity index (χ0) is 16.3. The van der Waals surface area contributed by atoms with Gasteiger partial charge in [-0.2, -0.15) is 0 Å². The molecule has 0 bridgehead atoms. The number of aromatic nitrogens is 2. The Hall–Kier alpha value is -2.11. The van der Waals surface area contributed by atoms with Gasteiger partial charge in [-0.1, -0.05) is 23.2 Å². The molecule has 0 amide bonds. The lowest BCUT2D eigenvalue weighted by Crippen LogP contribution is -2.18. The molecule has 114 valence electrons. The highest BCUT2D eigenvalue weighted by Gasteiger charge is 2.25. The predicted molar refractivity (Wildman–Crippen MR) is 85.5 cm³/mol. The average molecular weight is 338 g/mol. The molecule has 7 heteroatoms. The maximum Gasteiger partial charge on any atom is 0.233 e. The van der Waals surface area contributed by atoms with E-state index < -0.39 is 11.6 Å². The molecule has 0 aliphatic carbocycles. The number of aromatic amines is 1. The molecule has 0 fully saturated rings. The SMILES string of the molecule is CN(C)C=C(C(=O)c1ncc[nH]1)C(=O)c1ccc(Cl)cc1Cl. The summed E-state index contributed by atoms with van der Waals surface area (Å²) in [7, 11) is 3.43. The maximum atomic E-state index is 12.7. The lowest BCUT2D eigenvalue weighted by Gasteiger charge is -2.11. The van der Waals surface area contributed by atoms with Gasteiger partial charge in [-0.15, -0.1) is 0 Å². The van der Waals surface area contributed by atoms with Gasteiger partial charge in [0, 0.05) is 43.3 Å². The van der Waals surface area contributed by atoms with Crippen LogP contribution in [0.4, 0.5) is 0 Å². The van der Waals surface area contributed by atoms with Crippen LogP contribution in [0, 0.1) is 0 Å². The molecule has 5 nitrogen and oxygen atoms in total. The van der Waals surface area contributed by atoms with Gasteiger partial charge in [-0.3, -0.25) is 9.59 Å². The zero-order valence-corrected chi connectivity index (χ0v) is 13.4. The van der Waals surface area contributed by atoms with Crippen molar-refractivity contribution < 1.29 is 9.59 Å². The third kappa shape index (κ3) is 3.55. The minimum absolute atomic E-state index is 0.0378. The lowest BCUT2D eigenvalue weighted by atomic mass is 10.00. The van der Waals surface area contributed by atoms with E-state index in [-0.39, 0.29) is 22.0 Å². The third-order valence-electron chi connectivity index (χ3n) is 2.77. The number of benzene rings is 1. The molecule has 0 aliphatic heterocycles. The van der Waals surface area contributed by atoms with E-state index in [2.05, 4.69) is 9.97 Å². The Kier molecular flexibility index (Phi) is 5.00. The third-order valence-corrected chi connectivity index (χ3v) is 3.31. The molecular weight excluding hydrogens is 325 g/mol. The fraction of sp³-hybridized carbons (Fsp3) is 0.133. The molecule has 0 saturated heterocycles. The molecule has 22 heavy (non-hydrogen) atoms. The van der Waals surface area contributed by atoms with Crippen molar-refractivity contribution in [2.24, 2.45) is 0 Å². The molecule has 1 aromatic heterocycles. The van der Waals surface area contributed by atoms with Crippen molar-refractivity contribution in [1.29, 1.82) is 0 Å². The number of nitrogens with one attached hydrogen (secondary N) is 1. The smallest absolute Gasteiger partial charge is 0.233 e. The van der Waals surface area contributed by atoms with Crippen molar-refractivity contribution >= 4 is 34.8 Å². The van der Waals surface area contributed by atoms with E-state index in [1.807, 2.05) is 0 Å². The van der Waals surface area contributed by atoms with Crippen molar-refractivity contribution in [3.8, 4) is 0 Å². The molecule has 0 spiro atoms. The first-order chi connectivity index (χ1) is 10.4. The van der Waals surface area contributed by atoms with Crippen LogP contribution in [-0.2, 0) is 0 Å². The van der Waals surface area contributed by atoms with Gasteiger partial charge in [0.15, 0.2) is 11.6 Å². The molecular formula is C15H13Cl2N3O2. The average Bonchev–Trinajstić information content (AvgIpc) is 2.97. The van der Waals surface area contributed by atoms with Gasteiger partial charge in [0.2, 0.25) is 5.78 Å². The largest absolute Gasteiger partial charge is 0.383 e. The minimum atomic E-state index is -0.505. The maximum absolute atomic E-state index is 12.7. The van der Waals surface area contributed by atoms with Gasteiger partial charge < -0.3 is 9.88 Å². The fourth-order valence-corrected chi connectivity index (χ4v) is 2.31. The second-order valence-corrected chi connectivity index (χ2v) is 5.57. The first-order valence-corrected chi connectivity index (χ1v) is 7.08. The number of ketones is 2. The quantitative estimate of drug-likeness (QED) is 0.393. The van der Waals surface area contributed by atoms with E-state index in [0.717, 1.165) is 0 Å². The van der Waals surface area contributed by atoms with Crippen molar-refractivity contribution in [1.82, 2.24) is 14.9 Å². The molecule has 1 heterocycles. The number of hydrogen-bond donors (Lipinski definition) is 1. The van der Waals surface area contributed by atoms with Crippen molar-refractivity contribution in [3.63, 3.8) is 0 Å². The molecule has 0 unspecified atom stereocenters. The number of hydrogen-bond acceptors (Lipinski definition) is 4. The van der Waals surface area contributed by atoms with Crippen LogP contribution in [0.3, 0.4) is 0 Å². The number of halogens is 2. The number of rotatable bonds is 5. The van der Waals surface area contributed by atoms with Crippen molar-refractivity contribution in [3.05, 3.63) is 63.8 Å². The first-order valence-electron chi connectivity index (χ1n) is 6.32. The summed E-state index contributed by atoms with van der Waals surface area (Å²) in [5.74, 6) is -0.905. The molecule has 0 atom stereocenters. The summed E-state index contributed by atoms with van der Waals surface area (Å²) in [5.41, 5.74) is 0.170. The van der Waals surface area contributed by atoms with Crippen LogP contribution in [0.25, 0.3) is 0 Å². The predicted octanol–water partition coefficient (Wildman–Crippen LogP) is 3.23. The number of H-pyrrole nitrogens is 1. The minimum Gasteiger partial charge on any atom is -0.383 e. The van der Waals surface area contributed by atoms with Crippen LogP contribution in [-0.4, -0.2) is 40.5 Å². The van der Waals surface area contributed by atoms with Crippen LogP contribution < -0.4 is 0 Å². The Morgan fingerprint density at radius 2 is 1.95 bits per heavy atom. The second-order valence-electron chi connectivity index (χ2n) is 4.73. The summed E-state index contributed by atoms with van der Waals surface area (Å²) in [6.07, 6.45) is 4.40. The van der Waals surface area contributed by atoms with Crippen LogP contribution in [0.5, 0.6) is 0 Å². The van der Waals surface area contributed by atoms with E-state index in [1.165, 1.54) is 30.7 Å². The highest BCUT2D eigenvalue weighted by molar-refractivity contribution is 6.39. The summed E-state index contributed by atoms with van der Waals surface area (Å²) in [5, 5.41) is 0.603. The Morgan fingerprint density at radius 3 is 2.50 bits per heavy atom. The molecule has 1 aromatic carbocycles. The topological polar surface area (TPSA) is 66.1 Å². The highest BCUT2D eigenvalue weighted by Crippen LogP contribution is 2.24. The monoisotopic (exact) mass is 337 g/mol. The number of nitrogens with zero attached hydrogens (tertiary/aromatic N) is 2. The Labute approximate surface area is 137 Å². The Balaban J connectivity index is 2.46. The van der Waals surface area contributed by atoms with E-state index in [0.29, 0.717) is 5.02 Å². The second kappa shape index (κ2) is 6.77. The summed E-state index contributed by atoms with van der Waals surface area (Å²) in [6.45, 7) is 0. The molecule has 1 N–H and O–H groups in total. The number of Topliss-reactive ketones (excluding diaryl/α,β-unsaturated/α-hetero) is 2. The van der Waals surface area contributed by atoms with Gasteiger partial charge in [-0.05, 0) is 18.2 Å². The van der Waals surface area contributed by atoms with E-state index in [4.69, 9.17) is 23.2 Å². The summed E-state index contributed by atoms with van der Waals surface area (Å²) in [4.78, 5) is 33.3. The van der Waals surface area contributed by atoms with Gasteiger partial charge in [-0.25, -0.2) is 4.98 Å². The van der Waals surface area contributed by atoms with Crippen molar-refractivity contribution in [2.75, 3.05) is 14.1 Å². The van der Waals surface area contributed by atoms with Crippen LogP contribution >= 0.6 is 23.2 Å². The number of carbonyl (C=O) groups excluding carboxylic acids is 2. The van der Waals surface area contributed by atoms with Crippen LogP contribution in [0.2, 0.25) is 10.0 Å². The van der Waals surface area contributed by atoms with Crippen LogP contribution in [0.1, 0.15) is 21.0 Å². The summed E-state index contributed by atoms with van der Waals surface area (Å²) in [6, 6.07) is 4.50. The Morgan fingerprint density at radius 1 is 1.23 bits per heavy atom. The fourth-order valence-electron chi connectivity index (χ4n) is 1.81. The van der Waals surface area contributed by atoms with E-state index in [9.17, 15) is 9.59 Å². The van der Waals surface area contributed by atoms with Crippen LogP contribution in [0.15, 0.2) is 42.4 Å². The Bertz CT molecular complexity index is 737. The molecule has 0 aliphatic rings. The molecule has 2 rings (SSSR count). The summed E-state index contributed by atoms with van der Waals surface area (Å²) >= 11 is 11.9. The van der Waals surface area contributed by atoms with Gasteiger partial charge in [0.05, 0.1) is 10.6 Å². The molecule has 0 radical (unpaired) electrons. The lowest BCUT2D eigenvalue weighted by molar-refractivity contribution is 0.0955. The number of imidazole rings is 1. The zero-order valence-electron chi connectivity index (χ0n) is 11.9. The van der Waals surface area contributed by atoms with E-state index >= 15 is 0 Å². The van der Waals surface area contributed by atoms with Gasteiger partial charge in [0.1, 0.15) is 0 Å². The summed E-state index contributed by atoms with van der Waals surface area (Å²) < 4.78 is 0. The van der Waals surface area contributed by atoms with Gasteiger partial charge in [0.25, 0.3) is 0 Å². The highest BCUT2D eigenvalue weighted by atomic mass is 35.5. The van der Waals surface area contributed by atoms with Gasteiger partial charge >= 0.3 is 0 Å². The van der Waals surface area contributed by atoms with E-state index in [1.54, 1.807) is 25.1 Å². The number of carbonyl (C=O) groups is 2. The van der Waals surface area contributed by atoms with Crippen molar-refractivity contribution in [2.45, 2.75) is 0 Å². The molecule has 0 saturated carbocycles. The normalized spacial score (nSPS) is 11.4. The standard InChI is InChI=1S/C15H13Cl2N3O2/c1-20(2)8-11(14(22)15-18-5-6-19-15)13(21)10-4-3-9(16)7-12(10)17/h3-8H,1-2H3,(H,18,19). The first kappa shape index (κ1) is 16.3.